The average molecular weight is 224 g/mol. The van der Waals surface area contributed by atoms with Gasteiger partial charge in [0, 0.05) is 6.42 Å². The Bertz CT molecular complexity index is 276. The number of rotatable bonds is 5. The van der Waals surface area contributed by atoms with Crippen LogP contribution < -0.4 is 0 Å². The number of hydrogen-bond acceptors (Lipinski definition) is 2. The van der Waals surface area contributed by atoms with Gasteiger partial charge in [0.2, 0.25) is 0 Å². The highest BCUT2D eigenvalue weighted by Gasteiger charge is 2.34. The van der Waals surface area contributed by atoms with Crippen LogP contribution in [-0.2, 0) is 4.79 Å². The minimum Gasteiger partial charge on any atom is -0.390 e. The summed E-state index contributed by atoms with van der Waals surface area (Å²) in [7, 11) is 0. The molecule has 2 heteroatoms. The van der Waals surface area contributed by atoms with Crippen molar-refractivity contribution in [2.24, 2.45) is 5.92 Å². The fourth-order valence-electron chi connectivity index (χ4n) is 2.31. The van der Waals surface area contributed by atoms with E-state index in [1.165, 1.54) is 6.42 Å². The standard InChI is InChI=1S/C14H24O2/c1-4-5-6-9-14(3,16)12-8-7-11(2)13(15)10-12/h7,12,16H,4-6,8-10H2,1-3H3/t12-,14?/m1/s1. The van der Waals surface area contributed by atoms with Crippen molar-refractivity contribution >= 4 is 5.78 Å². The summed E-state index contributed by atoms with van der Waals surface area (Å²) in [5.41, 5.74) is 0.183. The quantitative estimate of drug-likeness (QED) is 0.728. The maximum Gasteiger partial charge on any atom is 0.158 e. The van der Waals surface area contributed by atoms with Crippen LogP contribution in [0.1, 0.15) is 59.3 Å². The van der Waals surface area contributed by atoms with Crippen LogP contribution in [0.4, 0.5) is 0 Å². The molecule has 16 heavy (non-hydrogen) atoms. The minimum atomic E-state index is -0.679. The third kappa shape index (κ3) is 3.44. The molecule has 1 N–H and O–H groups in total. The van der Waals surface area contributed by atoms with E-state index < -0.39 is 5.60 Å². The van der Waals surface area contributed by atoms with E-state index in [1.54, 1.807) is 0 Å². The number of carbonyl (C=O) groups is 1. The van der Waals surface area contributed by atoms with Gasteiger partial charge in [0.1, 0.15) is 0 Å². The Morgan fingerprint density at radius 2 is 2.19 bits per heavy atom. The Kier molecular flexibility index (Phi) is 4.72. The number of unbranched alkanes of at least 4 members (excludes halogenated alkanes) is 2. The largest absolute Gasteiger partial charge is 0.390 e. The van der Waals surface area contributed by atoms with E-state index in [2.05, 4.69) is 6.92 Å². The molecule has 2 atom stereocenters. The van der Waals surface area contributed by atoms with Gasteiger partial charge < -0.3 is 5.11 Å². The maximum absolute atomic E-state index is 11.6. The van der Waals surface area contributed by atoms with Crippen molar-refractivity contribution in [3.05, 3.63) is 11.6 Å². The summed E-state index contributed by atoms with van der Waals surface area (Å²) in [6, 6.07) is 0. The van der Waals surface area contributed by atoms with Gasteiger partial charge in [0.05, 0.1) is 5.60 Å². The highest BCUT2D eigenvalue weighted by molar-refractivity contribution is 5.95. The molecule has 0 amide bonds. The van der Waals surface area contributed by atoms with Crippen LogP contribution >= 0.6 is 0 Å². The molecular weight excluding hydrogens is 200 g/mol. The van der Waals surface area contributed by atoms with Gasteiger partial charge in [-0.3, -0.25) is 4.79 Å². The molecule has 0 saturated carbocycles. The summed E-state index contributed by atoms with van der Waals surface area (Å²) in [5, 5.41) is 10.4. The zero-order valence-electron chi connectivity index (χ0n) is 10.8. The molecular formula is C14H24O2. The smallest absolute Gasteiger partial charge is 0.158 e. The first kappa shape index (κ1) is 13.4. The maximum atomic E-state index is 11.6. The molecule has 1 rings (SSSR count). The normalized spacial score (nSPS) is 25.1. The van der Waals surface area contributed by atoms with Gasteiger partial charge in [-0.15, -0.1) is 0 Å². The second-order valence-corrected chi connectivity index (χ2v) is 5.26. The summed E-state index contributed by atoms with van der Waals surface area (Å²) in [5.74, 6) is 0.313. The second-order valence-electron chi connectivity index (χ2n) is 5.26. The highest BCUT2D eigenvalue weighted by atomic mass is 16.3. The molecule has 92 valence electrons. The molecule has 0 aromatic rings. The fraction of sp³-hybridized carbons (Fsp3) is 0.786. The summed E-state index contributed by atoms with van der Waals surface area (Å²) >= 11 is 0. The molecule has 0 heterocycles. The van der Waals surface area contributed by atoms with Crippen LogP contribution in [0.3, 0.4) is 0 Å². The first-order valence-electron chi connectivity index (χ1n) is 6.39. The van der Waals surface area contributed by atoms with Gasteiger partial charge in [0.25, 0.3) is 0 Å². The Hall–Kier alpha value is -0.630. The summed E-state index contributed by atoms with van der Waals surface area (Å²) in [6.07, 6.45) is 7.52. The molecule has 0 aliphatic heterocycles. The number of aliphatic hydroxyl groups is 1. The lowest BCUT2D eigenvalue weighted by Gasteiger charge is -2.34. The predicted molar refractivity (Wildman–Crippen MR) is 66.3 cm³/mol. The van der Waals surface area contributed by atoms with Gasteiger partial charge in [-0.1, -0.05) is 32.3 Å². The molecule has 0 aromatic carbocycles. The lowest BCUT2D eigenvalue weighted by Crippen LogP contribution is -2.37. The van der Waals surface area contributed by atoms with Crippen molar-refractivity contribution in [3.8, 4) is 0 Å². The van der Waals surface area contributed by atoms with Crippen LogP contribution in [-0.4, -0.2) is 16.5 Å². The summed E-state index contributed by atoms with van der Waals surface area (Å²) < 4.78 is 0. The van der Waals surface area contributed by atoms with E-state index in [-0.39, 0.29) is 11.7 Å². The Balaban J connectivity index is 2.53. The van der Waals surface area contributed by atoms with Gasteiger partial charge in [-0.25, -0.2) is 0 Å². The van der Waals surface area contributed by atoms with E-state index in [1.807, 2.05) is 19.9 Å². The van der Waals surface area contributed by atoms with Crippen molar-refractivity contribution in [2.75, 3.05) is 0 Å². The van der Waals surface area contributed by atoms with Gasteiger partial charge in [-0.05, 0) is 38.2 Å². The van der Waals surface area contributed by atoms with Crippen molar-refractivity contribution in [3.63, 3.8) is 0 Å². The Morgan fingerprint density at radius 1 is 1.50 bits per heavy atom. The molecule has 0 saturated heterocycles. The molecule has 0 fully saturated rings. The topological polar surface area (TPSA) is 37.3 Å². The van der Waals surface area contributed by atoms with E-state index in [0.717, 1.165) is 31.3 Å². The van der Waals surface area contributed by atoms with E-state index in [9.17, 15) is 9.90 Å². The van der Waals surface area contributed by atoms with Crippen molar-refractivity contribution in [2.45, 2.75) is 64.9 Å². The monoisotopic (exact) mass is 224 g/mol. The second kappa shape index (κ2) is 5.62. The molecule has 0 radical (unpaired) electrons. The zero-order valence-corrected chi connectivity index (χ0v) is 10.8. The van der Waals surface area contributed by atoms with Crippen LogP contribution in [0.5, 0.6) is 0 Å². The summed E-state index contributed by atoms with van der Waals surface area (Å²) in [6.45, 7) is 5.91. The van der Waals surface area contributed by atoms with Crippen molar-refractivity contribution in [1.82, 2.24) is 0 Å². The number of allylic oxidation sites excluding steroid dienone is 2. The Morgan fingerprint density at radius 3 is 2.75 bits per heavy atom. The van der Waals surface area contributed by atoms with Gasteiger partial charge >= 0.3 is 0 Å². The van der Waals surface area contributed by atoms with Crippen LogP contribution in [0.15, 0.2) is 11.6 Å². The first-order chi connectivity index (χ1) is 7.47. The number of Topliss-reactive ketones (excluding diaryl/α,β-unsaturated/α-hetero) is 1. The van der Waals surface area contributed by atoms with Crippen molar-refractivity contribution < 1.29 is 9.90 Å². The third-order valence-electron chi connectivity index (χ3n) is 3.75. The molecule has 2 nitrogen and oxygen atoms in total. The molecule has 1 aliphatic carbocycles. The number of ketones is 1. The Labute approximate surface area is 98.7 Å². The van der Waals surface area contributed by atoms with Crippen molar-refractivity contribution in [1.29, 1.82) is 0 Å². The summed E-state index contributed by atoms with van der Waals surface area (Å²) in [4.78, 5) is 11.6. The number of hydrogen-bond donors (Lipinski definition) is 1. The SMILES string of the molecule is CCCCCC(C)(O)[C@@H]1CC=C(C)C(=O)C1. The average Bonchev–Trinajstić information content (AvgIpc) is 2.22. The fourth-order valence-corrected chi connectivity index (χ4v) is 2.31. The predicted octanol–water partition coefficient (Wildman–Crippen LogP) is 3.24. The van der Waals surface area contributed by atoms with E-state index in [0.29, 0.717) is 6.42 Å². The molecule has 1 unspecified atom stereocenters. The molecule has 0 aromatic heterocycles. The van der Waals surface area contributed by atoms with Crippen LogP contribution in [0.25, 0.3) is 0 Å². The first-order valence-corrected chi connectivity index (χ1v) is 6.39. The van der Waals surface area contributed by atoms with Gasteiger partial charge in [0.15, 0.2) is 5.78 Å². The lowest BCUT2D eigenvalue weighted by molar-refractivity contribution is -0.120. The highest BCUT2D eigenvalue weighted by Crippen LogP contribution is 2.33. The van der Waals surface area contributed by atoms with Gasteiger partial charge in [-0.2, -0.15) is 0 Å². The van der Waals surface area contributed by atoms with E-state index >= 15 is 0 Å². The zero-order chi connectivity index (χ0) is 12.2. The lowest BCUT2D eigenvalue weighted by atomic mass is 9.76. The minimum absolute atomic E-state index is 0.112. The molecule has 0 spiro atoms. The molecule has 0 bridgehead atoms. The van der Waals surface area contributed by atoms with Crippen LogP contribution in [0, 0.1) is 5.92 Å². The van der Waals surface area contributed by atoms with Crippen LogP contribution in [0.2, 0.25) is 0 Å². The third-order valence-corrected chi connectivity index (χ3v) is 3.75. The molecule has 1 aliphatic rings. The number of carbonyl (C=O) groups excluding carboxylic acids is 1. The van der Waals surface area contributed by atoms with E-state index in [4.69, 9.17) is 0 Å².